The first kappa shape index (κ1) is 16.9. The molecule has 132 valence electrons. The van der Waals surface area contributed by atoms with Crippen LogP contribution in [0.25, 0.3) is 0 Å². The van der Waals surface area contributed by atoms with Crippen molar-refractivity contribution in [2.24, 2.45) is 5.16 Å². The predicted molar refractivity (Wildman–Crippen MR) is 101 cm³/mol. The van der Waals surface area contributed by atoms with Gasteiger partial charge in [-0.2, -0.15) is 0 Å². The lowest BCUT2D eigenvalue weighted by atomic mass is 10.00. The van der Waals surface area contributed by atoms with Crippen molar-refractivity contribution in [2.75, 3.05) is 6.61 Å². The Balaban J connectivity index is 1.62. The number of halogens is 2. The van der Waals surface area contributed by atoms with Gasteiger partial charge in [-0.05, 0) is 24.3 Å². The normalized spacial score (nSPS) is 17.6. The van der Waals surface area contributed by atoms with Gasteiger partial charge in [0.05, 0.1) is 6.33 Å². The van der Waals surface area contributed by atoms with Crippen LogP contribution in [0.3, 0.4) is 0 Å². The molecule has 2 aromatic carbocycles. The fourth-order valence-electron chi connectivity index (χ4n) is 2.83. The van der Waals surface area contributed by atoms with E-state index in [9.17, 15) is 0 Å². The molecule has 0 N–H and O–H groups in total. The standard InChI is InChI=1S/C19H15Cl2N3O2/c20-14-6-5-13(16(21)9-14)10-26-23-19-15-3-1-2-4-18(15)25-11-17(19)24-8-7-22-12-24/h1-9,12,17H,10-11H2/b23-19+. The van der Waals surface area contributed by atoms with Crippen LogP contribution >= 0.6 is 23.2 Å². The number of imidazole rings is 1. The van der Waals surface area contributed by atoms with Crippen molar-refractivity contribution < 1.29 is 9.57 Å². The average Bonchev–Trinajstić information content (AvgIpc) is 3.18. The van der Waals surface area contributed by atoms with Crippen LogP contribution in [-0.4, -0.2) is 21.9 Å². The molecule has 5 nitrogen and oxygen atoms in total. The van der Waals surface area contributed by atoms with E-state index in [4.69, 9.17) is 32.8 Å². The Morgan fingerprint density at radius 3 is 2.92 bits per heavy atom. The largest absolute Gasteiger partial charge is 0.490 e. The van der Waals surface area contributed by atoms with E-state index in [0.717, 1.165) is 22.6 Å². The molecule has 0 spiro atoms. The van der Waals surface area contributed by atoms with Crippen LogP contribution in [0.15, 0.2) is 66.3 Å². The molecule has 0 radical (unpaired) electrons. The Morgan fingerprint density at radius 1 is 1.23 bits per heavy atom. The lowest BCUT2D eigenvalue weighted by Crippen LogP contribution is -2.30. The number of aromatic nitrogens is 2. The minimum atomic E-state index is -0.118. The Bertz CT molecular complexity index is 942. The minimum absolute atomic E-state index is 0.118. The second-order valence-corrected chi connectivity index (χ2v) is 6.66. The molecule has 2 heterocycles. The van der Waals surface area contributed by atoms with Crippen LogP contribution in [0.1, 0.15) is 17.2 Å². The molecule has 1 aromatic heterocycles. The predicted octanol–water partition coefficient (Wildman–Crippen LogP) is 4.74. The molecule has 7 heteroatoms. The second kappa shape index (κ2) is 7.40. The van der Waals surface area contributed by atoms with Crippen molar-refractivity contribution in [3.05, 3.63) is 82.4 Å². The third-order valence-electron chi connectivity index (χ3n) is 4.16. The summed E-state index contributed by atoms with van der Waals surface area (Å²) < 4.78 is 7.82. The molecule has 1 aliphatic heterocycles. The zero-order valence-corrected chi connectivity index (χ0v) is 15.2. The van der Waals surface area contributed by atoms with E-state index in [2.05, 4.69) is 10.1 Å². The maximum absolute atomic E-state index is 6.20. The van der Waals surface area contributed by atoms with E-state index in [1.807, 2.05) is 41.1 Å². The molecule has 26 heavy (non-hydrogen) atoms. The van der Waals surface area contributed by atoms with Crippen LogP contribution in [0, 0.1) is 0 Å². The maximum atomic E-state index is 6.20. The third-order valence-corrected chi connectivity index (χ3v) is 4.75. The van der Waals surface area contributed by atoms with Gasteiger partial charge in [-0.1, -0.05) is 46.6 Å². The Kier molecular flexibility index (Phi) is 4.82. The van der Waals surface area contributed by atoms with Crippen molar-refractivity contribution in [3.63, 3.8) is 0 Å². The molecule has 1 aliphatic rings. The van der Waals surface area contributed by atoms with Crippen LogP contribution < -0.4 is 4.74 Å². The number of fused-ring (bicyclic) bond motifs is 1. The third kappa shape index (κ3) is 3.41. The number of oxime groups is 1. The number of rotatable bonds is 4. The molecule has 3 aromatic rings. The summed E-state index contributed by atoms with van der Waals surface area (Å²) in [5.41, 5.74) is 2.51. The highest BCUT2D eigenvalue weighted by Crippen LogP contribution is 2.30. The first-order chi connectivity index (χ1) is 12.7. The first-order valence-corrected chi connectivity index (χ1v) is 8.81. The number of hydrogen-bond donors (Lipinski definition) is 0. The minimum Gasteiger partial charge on any atom is -0.490 e. The molecular weight excluding hydrogens is 373 g/mol. The fraction of sp³-hybridized carbons (Fsp3) is 0.158. The number of para-hydroxylation sites is 1. The molecule has 0 amide bonds. The summed E-state index contributed by atoms with van der Waals surface area (Å²) in [6.45, 7) is 0.705. The van der Waals surface area contributed by atoms with Crippen molar-refractivity contribution in [3.8, 4) is 5.75 Å². The first-order valence-electron chi connectivity index (χ1n) is 8.06. The van der Waals surface area contributed by atoms with Gasteiger partial charge >= 0.3 is 0 Å². The van der Waals surface area contributed by atoms with Crippen LogP contribution in [-0.2, 0) is 11.4 Å². The molecule has 0 saturated carbocycles. The average molecular weight is 388 g/mol. The van der Waals surface area contributed by atoms with Crippen LogP contribution in [0.5, 0.6) is 5.75 Å². The van der Waals surface area contributed by atoms with Gasteiger partial charge in [0.2, 0.25) is 0 Å². The monoisotopic (exact) mass is 387 g/mol. The number of hydrogen-bond acceptors (Lipinski definition) is 4. The summed E-state index contributed by atoms with van der Waals surface area (Å²) in [6.07, 6.45) is 5.35. The smallest absolute Gasteiger partial charge is 0.143 e. The van der Waals surface area contributed by atoms with E-state index < -0.39 is 0 Å². The number of nitrogens with zero attached hydrogens (tertiary/aromatic N) is 3. The highest BCUT2D eigenvalue weighted by atomic mass is 35.5. The van der Waals surface area contributed by atoms with Gasteiger partial charge in [0.15, 0.2) is 0 Å². The zero-order valence-electron chi connectivity index (χ0n) is 13.7. The molecule has 0 fully saturated rings. The van der Waals surface area contributed by atoms with E-state index in [1.165, 1.54) is 0 Å². The highest BCUT2D eigenvalue weighted by Gasteiger charge is 2.28. The lowest BCUT2D eigenvalue weighted by Gasteiger charge is -2.27. The number of benzene rings is 2. The van der Waals surface area contributed by atoms with E-state index >= 15 is 0 Å². The van der Waals surface area contributed by atoms with Crippen molar-refractivity contribution in [2.45, 2.75) is 12.6 Å². The van der Waals surface area contributed by atoms with E-state index in [0.29, 0.717) is 16.7 Å². The fourth-order valence-corrected chi connectivity index (χ4v) is 3.30. The number of ether oxygens (including phenoxy) is 1. The summed E-state index contributed by atoms with van der Waals surface area (Å²) in [7, 11) is 0. The molecule has 0 saturated heterocycles. The SMILES string of the molecule is Clc1ccc(CO/N=C2\c3ccccc3OCC2n2ccnc2)c(Cl)c1. The molecule has 0 aliphatic carbocycles. The summed E-state index contributed by atoms with van der Waals surface area (Å²) in [5, 5.41) is 5.56. The topological polar surface area (TPSA) is 48.6 Å². The molecule has 4 rings (SSSR count). The maximum Gasteiger partial charge on any atom is 0.143 e. The van der Waals surface area contributed by atoms with Gasteiger partial charge in [0.25, 0.3) is 0 Å². The van der Waals surface area contributed by atoms with E-state index in [-0.39, 0.29) is 12.6 Å². The van der Waals surface area contributed by atoms with Crippen LogP contribution in [0.4, 0.5) is 0 Å². The van der Waals surface area contributed by atoms with E-state index in [1.54, 1.807) is 24.7 Å². The zero-order chi connectivity index (χ0) is 17.9. The van der Waals surface area contributed by atoms with Crippen LogP contribution in [0.2, 0.25) is 10.0 Å². The molecule has 1 atom stereocenters. The highest BCUT2D eigenvalue weighted by molar-refractivity contribution is 6.35. The summed E-state index contributed by atoms with van der Waals surface area (Å²) in [6, 6.07) is 12.9. The quantitative estimate of drug-likeness (QED) is 0.607. The summed E-state index contributed by atoms with van der Waals surface area (Å²) >= 11 is 12.1. The van der Waals surface area contributed by atoms with Gasteiger partial charge in [0.1, 0.15) is 30.7 Å². The van der Waals surface area contributed by atoms with Crippen molar-refractivity contribution in [1.82, 2.24) is 9.55 Å². The molecule has 1 unspecified atom stereocenters. The Hall–Kier alpha value is -2.50. The summed E-state index contributed by atoms with van der Waals surface area (Å²) in [5.74, 6) is 0.788. The summed E-state index contributed by atoms with van der Waals surface area (Å²) in [4.78, 5) is 9.75. The van der Waals surface area contributed by atoms with Gasteiger partial charge < -0.3 is 14.1 Å². The van der Waals surface area contributed by atoms with Gasteiger partial charge in [-0.25, -0.2) is 4.98 Å². The van der Waals surface area contributed by atoms with Gasteiger partial charge in [-0.15, -0.1) is 0 Å². The molecular formula is C19H15Cl2N3O2. The van der Waals surface area contributed by atoms with Gasteiger partial charge in [0, 0.05) is 33.6 Å². The van der Waals surface area contributed by atoms with Crippen molar-refractivity contribution in [1.29, 1.82) is 0 Å². The lowest BCUT2D eigenvalue weighted by molar-refractivity contribution is 0.127. The van der Waals surface area contributed by atoms with Crippen molar-refractivity contribution >= 4 is 28.9 Å². The molecule has 0 bridgehead atoms. The Morgan fingerprint density at radius 2 is 2.12 bits per heavy atom. The Labute approximate surface area is 160 Å². The second-order valence-electron chi connectivity index (χ2n) is 5.82. The van der Waals surface area contributed by atoms with Gasteiger partial charge in [-0.3, -0.25) is 0 Å².